The van der Waals surface area contributed by atoms with Gasteiger partial charge in [-0.15, -0.1) is 0 Å². The lowest BCUT2D eigenvalue weighted by Gasteiger charge is -2.11. The van der Waals surface area contributed by atoms with E-state index in [1.54, 1.807) is 24.3 Å². The zero-order chi connectivity index (χ0) is 13.8. The SMILES string of the molecule is Nc1ccccc1C(=O)NNC(=S)NC(=O)C1CC1. The van der Waals surface area contributed by atoms with Gasteiger partial charge in [-0.2, -0.15) is 0 Å². The lowest BCUT2D eigenvalue weighted by atomic mass is 10.2. The van der Waals surface area contributed by atoms with Crippen LogP contribution in [0, 0.1) is 5.92 Å². The van der Waals surface area contributed by atoms with Crippen molar-refractivity contribution in [3.8, 4) is 0 Å². The van der Waals surface area contributed by atoms with Crippen molar-refractivity contribution in [2.24, 2.45) is 5.92 Å². The Kier molecular flexibility index (Phi) is 3.96. The van der Waals surface area contributed by atoms with Crippen molar-refractivity contribution in [2.45, 2.75) is 12.8 Å². The predicted molar refractivity (Wildman–Crippen MR) is 74.9 cm³/mol. The molecule has 5 N–H and O–H groups in total. The number of amides is 2. The number of hydrogen-bond donors (Lipinski definition) is 4. The Hall–Kier alpha value is -2.15. The van der Waals surface area contributed by atoms with Crippen LogP contribution in [-0.2, 0) is 4.79 Å². The summed E-state index contributed by atoms with van der Waals surface area (Å²) in [5.41, 5.74) is 11.2. The van der Waals surface area contributed by atoms with E-state index in [0.29, 0.717) is 11.3 Å². The predicted octanol–water partition coefficient (Wildman–Crippen LogP) is 0.314. The molecule has 19 heavy (non-hydrogen) atoms. The highest BCUT2D eigenvalue weighted by molar-refractivity contribution is 7.80. The third-order valence-corrected chi connectivity index (χ3v) is 2.88. The molecule has 0 radical (unpaired) electrons. The van der Waals surface area contributed by atoms with Crippen LogP contribution in [0.2, 0.25) is 0 Å². The van der Waals surface area contributed by atoms with Crippen LogP contribution in [0.3, 0.4) is 0 Å². The molecule has 100 valence electrons. The molecule has 2 amide bonds. The van der Waals surface area contributed by atoms with Crippen LogP contribution in [0.15, 0.2) is 24.3 Å². The number of carbonyl (C=O) groups is 2. The Balaban J connectivity index is 1.81. The van der Waals surface area contributed by atoms with Crippen molar-refractivity contribution in [1.29, 1.82) is 0 Å². The lowest BCUT2D eigenvalue weighted by molar-refractivity contribution is -0.120. The van der Waals surface area contributed by atoms with Gasteiger partial charge in [-0.05, 0) is 37.2 Å². The number of benzene rings is 1. The van der Waals surface area contributed by atoms with Gasteiger partial charge in [0.15, 0.2) is 5.11 Å². The molecule has 6 nitrogen and oxygen atoms in total. The van der Waals surface area contributed by atoms with E-state index in [4.69, 9.17) is 18.0 Å². The quantitative estimate of drug-likeness (QED) is 0.355. The third kappa shape index (κ3) is 3.65. The van der Waals surface area contributed by atoms with Crippen LogP contribution in [-0.4, -0.2) is 16.9 Å². The van der Waals surface area contributed by atoms with Crippen molar-refractivity contribution < 1.29 is 9.59 Å². The molecule has 1 fully saturated rings. The van der Waals surface area contributed by atoms with E-state index >= 15 is 0 Å². The molecule has 1 aliphatic rings. The summed E-state index contributed by atoms with van der Waals surface area (Å²) in [4.78, 5) is 23.2. The van der Waals surface area contributed by atoms with Crippen molar-refractivity contribution in [3.63, 3.8) is 0 Å². The summed E-state index contributed by atoms with van der Waals surface area (Å²) in [6.45, 7) is 0. The first-order valence-electron chi connectivity index (χ1n) is 5.83. The minimum Gasteiger partial charge on any atom is -0.398 e. The monoisotopic (exact) mass is 278 g/mol. The first-order valence-corrected chi connectivity index (χ1v) is 6.24. The fourth-order valence-electron chi connectivity index (χ4n) is 1.48. The first kappa shape index (κ1) is 13.3. The second-order valence-electron chi connectivity index (χ2n) is 4.26. The largest absolute Gasteiger partial charge is 0.398 e. The summed E-state index contributed by atoms with van der Waals surface area (Å²) >= 11 is 4.89. The van der Waals surface area contributed by atoms with Gasteiger partial charge < -0.3 is 11.1 Å². The van der Waals surface area contributed by atoms with Crippen molar-refractivity contribution in [1.82, 2.24) is 16.2 Å². The van der Waals surface area contributed by atoms with Gasteiger partial charge in [-0.1, -0.05) is 12.1 Å². The minimum atomic E-state index is -0.416. The van der Waals surface area contributed by atoms with Crippen LogP contribution in [0.25, 0.3) is 0 Å². The van der Waals surface area contributed by atoms with Gasteiger partial charge >= 0.3 is 0 Å². The number of para-hydroxylation sites is 1. The van der Waals surface area contributed by atoms with E-state index in [2.05, 4.69) is 16.2 Å². The molecule has 0 aliphatic heterocycles. The van der Waals surface area contributed by atoms with Gasteiger partial charge in [-0.3, -0.25) is 20.4 Å². The molecular formula is C12H14N4O2S. The number of hydrogen-bond acceptors (Lipinski definition) is 4. The van der Waals surface area contributed by atoms with E-state index in [0.717, 1.165) is 12.8 Å². The molecule has 1 aromatic carbocycles. The van der Waals surface area contributed by atoms with E-state index in [1.807, 2.05) is 0 Å². The van der Waals surface area contributed by atoms with Crippen LogP contribution in [0.1, 0.15) is 23.2 Å². The highest BCUT2D eigenvalue weighted by Gasteiger charge is 2.30. The van der Waals surface area contributed by atoms with Gasteiger partial charge in [0.2, 0.25) is 5.91 Å². The molecule has 1 aromatic rings. The average Bonchev–Trinajstić information content (AvgIpc) is 3.20. The number of nitrogens with one attached hydrogen (secondary N) is 3. The second kappa shape index (κ2) is 5.66. The summed E-state index contributed by atoms with van der Waals surface area (Å²) in [7, 11) is 0. The standard InChI is InChI=1S/C12H14N4O2S/c13-9-4-2-1-3-8(9)11(18)15-16-12(19)14-10(17)7-5-6-7/h1-4,7H,5-6,13H2,(H,15,18)(H2,14,16,17,19). The van der Waals surface area contributed by atoms with Crippen LogP contribution < -0.4 is 21.9 Å². The molecule has 0 spiro atoms. The molecule has 1 aliphatic carbocycles. The molecular weight excluding hydrogens is 264 g/mol. The molecule has 1 saturated carbocycles. The number of hydrazine groups is 1. The van der Waals surface area contributed by atoms with E-state index < -0.39 is 5.91 Å². The highest BCUT2D eigenvalue weighted by Crippen LogP contribution is 2.28. The Bertz CT molecular complexity index is 528. The van der Waals surface area contributed by atoms with E-state index in [1.165, 1.54) is 0 Å². The maximum absolute atomic E-state index is 11.8. The zero-order valence-electron chi connectivity index (χ0n) is 10.1. The van der Waals surface area contributed by atoms with E-state index in [-0.39, 0.29) is 16.9 Å². The molecule has 0 heterocycles. The van der Waals surface area contributed by atoms with Gasteiger partial charge in [-0.25, -0.2) is 0 Å². The highest BCUT2D eigenvalue weighted by atomic mass is 32.1. The maximum atomic E-state index is 11.8. The summed E-state index contributed by atoms with van der Waals surface area (Å²) in [6, 6.07) is 6.67. The topological polar surface area (TPSA) is 96.2 Å². The summed E-state index contributed by atoms with van der Waals surface area (Å²) in [6.07, 6.45) is 1.78. The number of rotatable bonds is 2. The minimum absolute atomic E-state index is 0.0558. The molecule has 7 heteroatoms. The van der Waals surface area contributed by atoms with Crippen LogP contribution in [0.4, 0.5) is 5.69 Å². The van der Waals surface area contributed by atoms with Gasteiger partial charge in [0, 0.05) is 11.6 Å². The number of anilines is 1. The Morgan fingerprint density at radius 1 is 1.21 bits per heavy atom. The van der Waals surface area contributed by atoms with E-state index in [9.17, 15) is 9.59 Å². The molecule has 0 saturated heterocycles. The van der Waals surface area contributed by atoms with Crippen LogP contribution >= 0.6 is 12.2 Å². The fourth-order valence-corrected chi connectivity index (χ4v) is 1.63. The van der Waals surface area contributed by atoms with Crippen LogP contribution in [0.5, 0.6) is 0 Å². The summed E-state index contributed by atoms with van der Waals surface area (Å²) in [5.74, 6) is -0.479. The van der Waals surface area contributed by atoms with Gasteiger partial charge in [0.05, 0.1) is 5.56 Å². The fraction of sp³-hybridized carbons (Fsp3) is 0.250. The molecule has 0 bridgehead atoms. The van der Waals surface area contributed by atoms with Crippen molar-refractivity contribution in [2.75, 3.05) is 5.73 Å². The average molecular weight is 278 g/mol. The summed E-state index contributed by atoms with van der Waals surface area (Å²) < 4.78 is 0. The third-order valence-electron chi connectivity index (χ3n) is 2.68. The maximum Gasteiger partial charge on any atom is 0.271 e. The Morgan fingerprint density at radius 3 is 2.53 bits per heavy atom. The molecule has 0 atom stereocenters. The first-order chi connectivity index (χ1) is 9.08. The second-order valence-corrected chi connectivity index (χ2v) is 4.67. The Labute approximate surface area is 115 Å². The molecule has 0 unspecified atom stereocenters. The summed E-state index contributed by atoms with van der Waals surface area (Å²) in [5, 5.41) is 2.57. The number of carbonyl (C=O) groups excluding carboxylic acids is 2. The van der Waals surface area contributed by atoms with Crippen molar-refractivity contribution >= 4 is 34.8 Å². The Morgan fingerprint density at radius 2 is 1.89 bits per heavy atom. The number of nitrogen functional groups attached to an aromatic ring is 1. The smallest absolute Gasteiger partial charge is 0.271 e. The zero-order valence-corrected chi connectivity index (χ0v) is 10.9. The van der Waals surface area contributed by atoms with Gasteiger partial charge in [0.25, 0.3) is 5.91 Å². The van der Waals surface area contributed by atoms with Crippen molar-refractivity contribution in [3.05, 3.63) is 29.8 Å². The van der Waals surface area contributed by atoms with Gasteiger partial charge in [0.1, 0.15) is 0 Å². The normalized spacial score (nSPS) is 13.5. The number of nitrogens with two attached hydrogens (primary N) is 1. The lowest BCUT2D eigenvalue weighted by Crippen LogP contribution is -2.48. The molecule has 0 aromatic heterocycles. The molecule has 2 rings (SSSR count). The number of thiocarbonyl (C=S) groups is 1.